The van der Waals surface area contributed by atoms with Crippen molar-refractivity contribution in [3.63, 3.8) is 0 Å². The monoisotopic (exact) mass is 361 g/mol. The molecule has 146 valence electrons. The molecule has 0 bridgehead atoms. The van der Waals surface area contributed by atoms with Gasteiger partial charge in [-0.2, -0.15) is 5.10 Å². The summed E-state index contributed by atoms with van der Waals surface area (Å²) in [6.07, 6.45) is 7.72. The highest BCUT2D eigenvalue weighted by atomic mass is 15.3. The number of guanidine groups is 1. The van der Waals surface area contributed by atoms with Crippen LogP contribution in [0.1, 0.15) is 57.7 Å². The molecule has 2 aliphatic heterocycles. The van der Waals surface area contributed by atoms with Crippen LogP contribution in [0, 0.1) is 5.92 Å². The van der Waals surface area contributed by atoms with Crippen LogP contribution >= 0.6 is 0 Å². The average Bonchev–Trinajstić information content (AvgIpc) is 3.23. The molecular formula is C19H35N7. The normalized spacial score (nSPS) is 21.3. The van der Waals surface area contributed by atoms with E-state index in [4.69, 9.17) is 4.99 Å². The minimum Gasteiger partial charge on any atom is -0.357 e. The maximum atomic E-state index is 4.94. The van der Waals surface area contributed by atoms with Crippen LogP contribution in [-0.2, 0) is 0 Å². The molecule has 0 radical (unpaired) electrons. The third-order valence-corrected chi connectivity index (χ3v) is 5.90. The van der Waals surface area contributed by atoms with Crippen molar-refractivity contribution >= 4 is 5.96 Å². The van der Waals surface area contributed by atoms with Crippen LogP contribution < -0.4 is 5.32 Å². The van der Waals surface area contributed by atoms with Crippen molar-refractivity contribution in [2.45, 2.75) is 51.9 Å². The van der Waals surface area contributed by atoms with Crippen LogP contribution in [0.3, 0.4) is 0 Å². The Morgan fingerprint density at radius 1 is 1.19 bits per heavy atom. The van der Waals surface area contributed by atoms with E-state index in [1.54, 1.807) is 6.33 Å². The second-order valence-corrected chi connectivity index (χ2v) is 7.53. The van der Waals surface area contributed by atoms with Crippen molar-refractivity contribution in [2.75, 3.05) is 45.8 Å². The van der Waals surface area contributed by atoms with E-state index in [2.05, 4.69) is 44.1 Å². The zero-order valence-corrected chi connectivity index (χ0v) is 16.5. The molecule has 0 saturated carbocycles. The van der Waals surface area contributed by atoms with Crippen LogP contribution in [0.2, 0.25) is 0 Å². The quantitative estimate of drug-likeness (QED) is 0.599. The summed E-state index contributed by atoms with van der Waals surface area (Å²) in [7, 11) is 0. The van der Waals surface area contributed by atoms with Crippen molar-refractivity contribution in [2.24, 2.45) is 10.9 Å². The standard InChI is InChI=1S/C19H35N7/c1-3-20-19(21-10-5-16-6-11-25(4-2)12-7-16)26-13-8-17(9-14-26)18-22-15-23-24-18/h15-17H,3-14H2,1-2H3,(H,20,21)(H,22,23,24). The maximum absolute atomic E-state index is 4.94. The van der Waals surface area contributed by atoms with Gasteiger partial charge in [0.2, 0.25) is 0 Å². The Balaban J connectivity index is 1.45. The summed E-state index contributed by atoms with van der Waals surface area (Å²) in [6.45, 7) is 12.1. The van der Waals surface area contributed by atoms with Gasteiger partial charge in [-0.15, -0.1) is 0 Å². The average molecular weight is 362 g/mol. The molecule has 1 aromatic heterocycles. The lowest BCUT2D eigenvalue weighted by molar-refractivity contribution is 0.188. The van der Waals surface area contributed by atoms with Crippen molar-refractivity contribution in [1.82, 2.24) is 30.3 Å². The van der Waals surface area contributed by atoms with E-state index in [0.717, 1.165) is 56.7 Å². The molecule has 3 heterocycles. The molecule has 0 unspecified atom stereocenters. The van der Waals surface area contributed by atoms with Crippen LogP contribution in [0.5, 0.6) is 0 Å². The maximum Gasteiger partial charge on any atom is 0.193 e. The van der Waals surface area contributed by atoms with Gasteiger partial charge in [0.05, 0.1) is 0 Å². The van der Waals surface area contributed by atoms with Gasteiger partial charge in [-0.25, -0.2) is 4.98 Å². The first-order valence-electron chi connectivity index (χ1n) is 10.4. The van der Waals surface area contributed by atoms with Gasteiger partial charge in [0, 0.05) is 32.1 Å². The molecule has 0 atom stereocenters. The lowest BCUT2D eigenvalue weighted by Gasteiger charge is -2.34. The number of aromatic amines is 1. The van der Waals surface area contributed by atoms with E-state index >= 15 is 0 Å². The van der Waals surface area contributed by atoms with Crippen molar-refractivity contribution in [1.29, 1.82) is 0 Å². The summed E-state index contributed by atoms with van der Waals surface area (Å²) < 4.78 is 0. The van der Waals surface area contributed by atoms with Crippen LogP contribution in [0.25, 0.3) is 0 Å². The molecule has 0 spiro atoms. The fourth-order valence-corrected chi connectivity index (χ4v) is 4.15. The summed E-state index contributed by atoms with van der Waals surface area (Å²) >= 11 is 0. The molecule has 2 saturated heterocycles. The van der Waals surface area contributed by atoms with Gasteiger partial charge < -0.3 is 15.1 Å². The van der Waals surface area contributed by atoms with Crippen LogP contribution in [-0.4, -0.2) is 76.8 Å². The van der Waals surface area contributed by atoms with Crippen LogP contribution in [0.15, 0.2) is 11.3 Å². The van der Waals surface area contributed by atoms with Gasteiger partial charge in [0.1, 0.15) is 12.2 Å². The smallest absolute Gasteiger partial charge is 0.193 e. The van der Waals surface area contributed by atoms with E-state index in [9.17, 15) is 0 Å². The summed E-state index contributed by atoms with van der Waals surface area (Å²) in [4.78, 5) is 14.2. The molecule has 7 heteroatoms. The molecule has 26 heavy (non-hydrogen) atoms. The third-order valence-electron chi connectivity index (χ3n) is 5.90. The van der Waals surface area contributed by atoms with Gasteiger partial charge in [0.15, 0.2) is 5.96 Å². The lowest BCUT2D eigenvalue weighted by atomic mass is 9.94. The highest BCUT2D eigenvalue weighted by Crippen LogP contribution is 2.25. The van der Waals surface area contributed by atoms with Crippen molar-refractivity contribution in [3.05, 3.63) is 12.2 Å². The Bertz CT molecular complexity index is 526. The largest absolute Gasteiger partial charge is 0.357 e. The number of hydrogen-bond donors (Lipinski definition) is 2. The first-order chi connectivity index (χ1) is 12.8. The Kier molecular flexibility index (Phi) is 7.29. The van der Waals surface area contributed by atoms with Gasteiger partial charge in [-0.3, -0.25) is 10.1 Å². The number of hydrogen-bond acceptors (Lipinski definition) is 4. The molecule has 2 fully saturated rings. The zero-order valence-electron chi connectivity index (χ0n) is 16.5. The molecule has 1 aromatic rings. The molecule has 0 aromatic carbocycles. The van der Waals surface area contributed by atoms with E-state index in [0.29, 0.717) is 5.92 Å². The molecule has 2 aliphatic rings. The highest BCUT2D eigenvalue weighted by Gasteiger charge is 2.24. The third kappa shape index (κ3) is 5.19. The summed E-state index contributed by atoms with van der Waals surface area (Å²) in [6, 6.07) is 0. The van der Waals surface area contributed by atoms with Crippen LogP contribution in [0.4, 0.5) is 0 Å². The number of rotatable bonds is 6. The predicted octanol–water partition coefficient (Wildman–Crippen LogP) is 2.07. The van der Waals surface area contributed by atoms with E-state index in [1.807, 2.05) is 0 Å². The van der Waals surface area contributed by atoms with Gasteiger partial charge >= 0.3 is 0 Å². The highest BCUT2D eigenvalue weighted by molar-refractivity contribution is 5.80. The fraction of sp³-hybridized carbons (Fsp3) is 0.842. The fourth-order valence-electron chi connectivity index (χ4n) is 4.15. The number of nitrogens with zero attached hydrogens (tertiary/aromatic N) is 5. The Morgan fingerprint density at radius 3 is 2.58 bits per heavy atom. The Labute approximate surface area is 157 Å². The SMILES string of the molecule is CCNC(=NCCC1CCN(CC)CC1)N1CCC(c2ncn[nH]2)CC1. The molecular weight excluding hydrogens is 326 g/mol. The first kappa shape index (κ1) is 19.1. The first-order valence-corrected chi connectivity index (χ1v) is 10.4. The van der Waals surface area contributed by atoms with Crippen molar-refractivity contribution in [3.8, 4) is 0 Å². The summed E-state index contributed by atoms with van der Waals surface area (Å²) in [5.41, 5.74) is 0. The molecule has 0 aliphatic carbocycles. The van der Waals surface area contributed by atoms with E-state index < -0.39 is 0 Å². The topological polar surface area (TPSA) is 72.4 Å². The van der Waals surface area contributed by atoms with Crippen molar-refractivity contribution < 1.29 is 0 Å². The number of aromatic nitrogens is 3. The minimum absolute atomic E-state index is 0.500. The molecule has 0 amide bonds. The second-order valence-electron chi connectivity index (χ2n) is 7.53. The summed E-state index contributed by atoms with van der Waals surface area (Å²) in [5.74, 6) is 3.47. The number of H-pyrrole nitrogens is 1. The Morgan fingerprint density at radius 2 is 1.96 bits per heavy atom. The zero-order chi connectivity index (χ0) is 18.2. The molecule has 3 rings (SSSR count). The minimum atomic E-state index is 0.500. The number of piperidine rings is 2. The van der Waals surface area contributed by atoms with Gasteiger partial charge in [-0.05, 0) is 64.6 Å². The van der Waals surface area contributed by atoms with Gasteiger partial charge in [0.25, 0.3) is 0 Å². The lowest BCUT2D eigenvalue weighted by Crippen LogP contribution is -2.45. The number of likely N-dealkylation sites (tertiary alicyclic amines) is 2. The summed E-state index contributed by atoms with van der Waals surface area (Å²) in [5, 5.41) is 10.5. The van der Waals surface area contributed by atoms with E-state index in [1.165, 1.54) is 38.9 Å². The van der Waals surface area contributed by atoms with Gasteiger partial charge in [-0.1, -0.05) is 6.92 Å². The number of nitrogens with one attached hydrogen (secondary N) is 2. The number of aliphatic imine (C=N–C) groups is 1. The molecule has 7 nitrogen and oxygen atoms in total. The Hall–Kier alpha value is -1.63. The predicted molar refractivity (Wildman–Crippen MR) is 105 cm³/mol. The van der Waals surface area contributed by atoms with E-state index in [-0.39, 0.29) is 0 Å². The molecule has 2 N–H and O–H groups in total. The second kappa shape index (κ2) is 9.90.